The van der Waals surface area contributed by atoms with Crippen LogP contribution >= 0.6 is 0 Å². The molecule has 1 aromatic carbocycles. The molecule has 0 aliphatic heterocycles. The van der Waals surface area contributed by atoms with Gasteiger partial charge in [-0.25, -0.2) is 13.2 Å². The zero-order valence-electron chi connectivity index (χ0n) is 8.51. The lowest BCUT2D eigenvalue weighted by molar-refractivity contribution is 0.168. The second-order valence-electron chi connectivity index (χ2n) is 3.99. The van der Waals surface area contributed by atoms with Crippen LogP contribution in [0.1, 0.15) is 24.5 Å². The Morgan fingerprint density at radius 3 is 2.44 bits per heavy atom. The van der Waals surface area contributed by atoms with Gasteiger partial charge in [0.2, 0.25) is 0 Å². The predicted molar refractivity (Wildman–Crippen MR) is 52.3 cm³/mol. The van der Waals surface area contributed by atoms with Crippen molar-refractivity contribution in [2.24, 2.45) is 0 Å². The Balaban J connectivity index is 2.08. The van der Waals surface area contributed by atoms with Gasteiger partial charge in [0.1, 0.15) is 5.82 Å². The van der Waals surface area contributed by atoms with Crippen LogP contribution in [-0.2, 0) is 0 Å². The lowest BCUT2D eigenvalue weighted by atomic mass is 10.1. The van der Waals surface area contributed by atoms with Gasteiger partial charge in [-0.05, 0) is 18.9 Å². The maximum atomic E-state index is 13.2. The quantitative estimate of drug-likeness (QED) is 0.775. The standard InChI is InChI=1S/C11H12F3NO/c12-8-4-10(14)9(13)3-7(8)11(16)5-15-6-1-2-6/h3-4,6,11,15-16H,1-2,5H2. The van der Waals surface area contributed by atoms with E-state index in [1.807, 2.05) is 0 Å². The first-order valence-electron chi connectivity index (χ1n) is 5.14. The first-order chi connectivity index (χ1) is 7.58. The van der Waals surface area contributed by atoms with Crippen LogP contribution in [0.15, 0.2) is 12.1 Å². The van der Waals surface area contributed by atoms with Gasteiger partial charge in [-0.2, -0.15) is 0 Å². The van der Waals surface area contributed by atoms with Crippen LogP contribution in [0.2, 0.25) is 0 Å². The van der Waals surface area contributed by atoms with Gasteiger partial charge < -0.3 is 10.4 Å². The highest BCUT2D eigenvalue weighted by atomic mass is 19.2. The Hall–Kier alpha value is -1.07. The van der Waals surface area contributed by atoms with Crippen molar-refractivity contribution in [3.05, 3.63) is 35.1 Å². The first kappa shape index (κ1) is 11.4. The van der Waals surface area contributed by atoms with E-state index in [9.17, 15) is 18.3 Å². The number of halogens is 3. The average Bonchev–Trinajstić information content (AvgIpc) is 3.03. The first-order valence-corrected chi connectivity index (χ1v) is 5.14. The summed E-state index contributed by atoms with van der Waals surface area (Å²) in [5, 5.41) is 12.6. The normalized spacial score (nSPS) is 17.5. The van der Waals surface area contributed by atoms with Crippen molar-refractivity contribution >= 4 is 0 Å². The van der Waals surface area contributed by atoms with Crippen LogP contribution in [0.5, 0.6) is 0 Å². The van der Waals surface area contributed by atoms with E-state index in [0.717, 1.165) is 12.8 Å². The molecule has 0 heterocycles. The minimum Gasteiger partial charge on any atom is -0.387 e. The highest BCUT2D eigenvalue weighted by Crippen LogP contribution is 2.23. The third-order valence-electron chi connectivity index (χ3n) is 2.58. The van der Waals surface area contributed by atoms with Crippen LogP contribution in [0.4, 0.5) is 13.2 Å². The lowest BCUT2D eigenvalue weighted by Crippen LogP contribution is -2.24. The molecular formula is C11H12F3NO. The second kappa shape index (κ2) is 4.43. The molecule has 1 aliphatic rings. The third-order valence-corrected chi connectivity index (χ3v) is 2.58. The van der Waals surface area contributed by atoms with Crippen LogP contribution in [0, 0.1) is 17.5 Å². The van der Waals surface area contributed by atoms with E-state index in [1.165, 1.54) is 0 Å². The average molecular weight is 231 g/mol. The molecule has 2 rings (SSSR count). The molecule has 0 spiro atoms. The van der Waals surface area contributed by atoms with E-state index in [-0.39, 0.29) is 12.1 Å². The number of hydrogen-bond donors (Lipinski definition) is 2. The fraction of sp³-hybridized carbons (Fsp3) is 0.455. The summed E-state index contributed by atoms with van der Waals surface area (Å²) in [5.74, 6) is -3.32. The van der Waals surface area contributed by atoms with Crippen molar-refractivity contribution < 1.29 is 18.3 Å². The van der Waals surface area contributed by atoms with Crippen molar-refractivity contribution in [3.63, 3.8) is 0 Å². The maximum absolute atomic E-state index is 13.2. The van der Waals surface area contributed by atoms with Crippen LogP contribution in [-0.4, -0.2) is 17.7 Å². The SMILES string of the molecule is OC(CNC1CC1)c1cc(F)c(F)cc1F. The van der Waals surface area contributed by atoms with Gasteiger partial charge in [-0.3, -0.25) is 0 Å². The Kier molecular flexibility index (Phi) is 3.16. The summed E-state index contributed by atoms with van der Waals surface area (Å²) in [6.07, 6.45) is 0.913. The van der Waals surface area contributed by atoms with Crippen molar-refractivity contribution in [2.45, 2.75) is 25.0 Å². The van der Waals surface area contributed by atoms with Crippen molar-refractivity contribution in [2.75, 3.05) is 6.54 Å². The summed E-state index contributed by atoms with van der Waals surface area (Å²) in [7, 11) is 0. The van der Waals surface area contributed by atoms with E-state index in [2.05, 4.69) is 5.32 Å². The number of aliphatic hydroxyl groups excluding tert-OH is 1. The van der Waals surface area contributed by atoms with Gasteiger partial charge in [-0.1, -0.05) is 0 Å². The van der Waals surface area contributed by atoms with E-state index in [4.69, 9.17) is 0 Å². The van der Waals surface area contributed by atoms with Gasteiger partial charge in [-0.15, -0.1) is 0 Å². The molecule has 1 saturated carbocycles. The maximum Gasteiger partial charge on any atom is 0.161 e. The van der Waals surface area contributed by atoms with E-state index < -0.39 is 23.6 Å². The molecule has 1 fully saturated rings. The zero-order chi connectivity index (χ0) is 11.7. The summed E-state index contributed by atoms with van der Waals surface area (Å²) in [6, 6.07) is 1.51. The molecule has 0 saturated heterocycles. The Morgan fingerprint density at radius 2 is 1.81 bits per heavy atom. The van der Waals surface area contributed by atoms with Crippen molar-refractivity contribution in [1.82, 2.24) is 5.32 Å². The topological polar surface area (TPSA) is 32.3 Å². The molecule has 5 heteroatoms. The summed E-state index contributed by atoms with van der Waals surface area (Å²) in [4.78, 5) is 0. The van der Waals surface area contributed by atoms with Gasteiger partial charge in [0, 0.05) is 24.2 Å². The van der Waals surface area contributed by atoms with E-state index in [1.54, 1.807) is 0 Å². The van der Waals surface area contributed by atoms with Gasteiger partial charge in [0.05, 0.1) is 6.10 Å². The van der Waals surface area contributed by atoms with Gasteiger partial charge in [0.25, 0.3) is 0 Å². The zero-order valence-corrected chi connectivity index (χ0v) is 8.51. The van der Waals surface area contributed by atoms with E-state index >= 15 is 0 Å². The number of hydrogen-bond acceptors (Lipinski definition) is 2. The molecule has 88 valence electrons. The predicted octanol–water partition coefficient (Wildman–Crippen LogP) is 1.89. The molecule has 1 unspecified atom stereocenters. The monoisotopic (exact) mass is 231 g/mol. The fourth-order valence-electron chi connectivity index (χ4n) is 1.47. The Bertz CT molecular complexity index is 393. The molecular weight excluding hydrogens is 219 g/mol. The number of aliphatic hydroxyl groups is 1. The highest BCUT2D eigenvalue weighted by molar-refractivity contribution is 5.22. The van der Waals surface area contributed by atoms with Crippen LogP contribution in [0.3, 0.4) is 0 Å². The lowest BCUT2D eigenvalue weighted by Gasteiger charge is -2.13. The molecule has 0 bridgehead atoms. The smallest absolute Gasteiger partial charge is 0.161 e. The molecule has 1 atom stereocenters. The van der Waals surface area contributed by atoms with Crippen molar-refractivity contribution in [3.8, 4) is 0 Å². The minimum absolute atomic E-state index is 0.145. The molecule has 2 N–H and O–H groups in total. The second-order valence-corrected chi connectivity index (χ2v) is 3.99. The summed E-state index contributed by atoms with van der Waals surface area (Å²) in [6.45, 7) is 0.145. The van der Waals surface area contributed by atoms with E-state index in [0.29, 0.717) is 18.2 Å². The fourth-order valence-corrected chi connectivity index (χ4v) is 1.47. The number of nitrogens with one attached hydrogen (secondary N) is 1. The molecule has 1 aliphatic carbocycles. The molecule has 0 aromatic heterocycles. The van der Waals surface area contributed by atoms with Crippen LogP contribution < -0.4 is 5.32 Å². The summed E-state index contributed by atoms with van der Waals surface area (Å²) in [5.41, 5.74) is -0.216. The van der Waals surface area contributed by atoms with Crippen molar-refractivity contribution in [1.29, 1.82) is 0 Å². The molecule has 0 amide bonds. The minimum atomic E-state index is -1.25. The van der Waals surface area contributed by atoms with Crippen LogP contribution in [0.25, 0.3) is 0 Å². The Morgan fingerprint density at radius 1 is 1.19 bits per heavy atom. The molecule has 0 radical (unpaired) electrons. The van der Waals surface area contributed by atoms with Gasteiger partial charge >= 0.3 is 0 Å². The molecule has 1 aromatic rings. The number of rotatable bonds is 4. The third kappa shape index (κ3) is 2.54. The van der Waals surface area contributed by atoms with Gasteiger partial charge in [0.15, 0.2) is 11.6 Å². The largest absolute Gasteiger partial charge is 0.387 e. The molecule has 16 heavy (non-hydrogen) atoms. The Labute approximate surface area is 91.1 Å². The molecule has 2 nitrogen and oxygen atoms in total. The summed E-state index contributed by atoms with van der Waals surface area (Å²) >= 11 is 0. The summed E-state index contributed by atoms with van der Waals surface area (Å²) < 4.78 is 38.7. The highest BCUT2D eigenvalue weighted by Gasteiger charge is 2.23. The number of benzene rings is 1.